The smallest absolute Gasteiger partial charge is 0.317 e. The Morgan fingerprint density at radius 3 is 2.55 bits per heavy atom. The number of carboxylic acids is 1. The quantitative estimate of drug-likeness (QED) is 0.776. The molecule has 7 nitrogen and oxygen atoms in total. The van der Waals surface area contributed by atoms with E-state index in [2.05, 4.69) is 5.32 Å². The van der Waals surface area contributed by atoms with E-state index in [0.29, 0.717) is 19.8 Å². The zero-order valence-corrected chi connectivity index (χ0v) is 11.7. The molecule has 2 heterocycles. The first-order chi connectivity index (χ1) is 9.63. The largest absolute Gasteiger partial charge is 0.481 e. The molecule has 0 aromatic rings. The molecule has 0 bridgehead atoms. The van der Waals surface area contributed by atoms with E-state index in [0.717, 1.165) is 12.8 Å². The van der Waals surface area contributed by atoms with Crippen LogP contribution in [0.2, 0.25) is 0 Å². The minimum atomic E-state index is -0.912. The Balaban J connectivity index is 1.95. The van der Waals surface area contributed by atoms with Crippen LogP contribution in [-0.4, -0.2) is 67.1 Å². The number of nitrogens with zero attached hydrogens (tertiary/aromatic N) is 1. The van der Waals surface area contributed by atoms with Crippen LogP contribution in [0.3, 0.4) is 0 Å². The van der Waals surface area contributed by atoms with Crippen LogP contribution in [0.5, 0.6) is 0 Å². The Labute approximate surface area is 118 Å². The van der Waals surface area contributed by atoms with Gasteiger partial charge in [-0.15, -0.1) is 0 Å². The van der Waals surface area contributed by atoms with Crippen LogP contribution < -0.4 is 5.32 Å². The second kappa shape index (κ2) is 6.90. The number of likely N-dealkylation sites (N-methyl/N-ethyl adjacent to an activating group) is 1. The van der Waals surface area contributed by atoms with Crippen molar-refractivity contribution in [2.75, 3.05) is 33.0 Å². The van der Waals surface area contributed by atoms with Crippen LogP contribution in [0.25, 0.3) is 0 Å². The Morgan fingerprint density at radius 1 is 1.25 bits per heavy atom. The molecule has 0 radical (unpaired) electrons. The van der Waals surface area contributed by atoms with Crippen molar-refractivity contribution in [3.8, 4) is 0 Å². The Kier molecular flexibility index (Phi) is 5.19. The molecule has 0 spiro atoms. The van der Waals surface area contributed by atoms with Gasteiger partial charge in [0.25, 0.3) is 0 Å². The molecule has 0 aliphatic carbocycles. The molecule has 2 fully saturated rings. The fourth-order valence-corrected chi connectivity index (χ4v) is 2.71. The predicted molar refractivity (Wildman–Crippen MR) is 70.5 cm³/mol. The number of rotatable bonds is 4. The fraction of sp³-hybridized carbons (Fsp3) is 0.846. The average molecular weight is 286 g/mol. The van der Waals surface area contributed by atoms with E-state index in [1.807, 2.05) is 6.92 Å². The molecule has 2 aliphatic rings. The molecule has 20 heavy (non-hydrogen) atoms. The molecule has 2 aliphatic heterocycles. The first-order valence-corrected chi connectivity index (χ1v) is 7.09. The summed E-state index contributed by atoms with van der Waals surface area (Å²) in [6, 6.07) is -0.491. The molecule has 114 valence electrons. The Morgan fingerprint density at radius 2 is 1.95 bits per heavy atom. The van der Waals surface area contributed by atoms with Gasteiger partial charge in [-0.3, -0.25) is 4.79 Å². The molecule has 7 heteroatoms. The lowest BCUT2D eigenvalue weighted by Gasteiger charge is -2.32. The van der Waals surface area contributed by atoms with Gasteiger partial charge in [0, 0.05) is 25.8 Å². The molecule has 2 N–H and O–H groups in total. The number of carbonyl (C=O) groups excluding carboxylic acids is 1. The van der Waals surface area contributed by atoms with Gasteiger partial charge in [-0.2, -0.15) is 0 Å². The van der Waals surface area contributed by atoms with Gasteiger partial charge in [0.05, 0.1) is 19.3 Å². The van der Waals surface area contributed by atoms with Crippen LogP contribution in [0.4, 0.5) is 4.79 Å². The summed E-state index contributed by atoms with van der Waals surface area (Å²) in [5, 5.41) is 12.1. The van der Waals surface area contributed by atoms with Crippen LogP contribution >= 0.6 is 0 Å². The number of aliphatic carboxylic acids is 1. The predicted octanol–water partition coefficient (Wildman–Crippen LogP) is 0.297. The molecule has 2 saturated heterocycles. The van der Waals surface area contributed by atoms with Crippen LogP contribution in [0.1, 0.15) is 19.8 Å². The van der Waals surface area contributed by atoms with E-state index in [1.54, 1.807) is 4.90 Å². The number of carbonyl (C=O) groups is 2. The third kappa shape index (κ3) is 3.40. The SMILES string of the molecule is CCN(C(=O)NC1CCOCC1)C1COCC1C(=O)O. The van der Waals surface area contributed by atoms with Crippen LogP contribution in [0, 0.1) is 5.92 Å². The van der Waals surface area contributed by atoms with Gasteiger partial charge >= 0.3 is 12.0 Å². The summed E-state index contributed by atoms with van der Waals surface area (Å²) in [6.45, 7) is 4.07. The van der Waals surface area contributed by atoms with E-state index in [9.17, 15) is 14.7 Å². The van der Waals surface area contributed by atoms with Gasteiger partial charge in [0.2, 0.25) is 0 Å². The number of hydrogen-bond acceptors (Lipinski definition) is 4. The highest BCUT2D eigenvalue weighted by atomic mass is 16.5. The molecular formula is C13H22N2O5. The van der Waals surface area contributed by atoms with Gasteiger partial charge in [0.1, 0.15) is 5.92 Å². The van der Waals surface area contributed by atoms with E-state index < -0.39 is 17.9 Å². The zero-order valence-electron chi connectivity index (χ0n) is 11.7. The Hall–Kier alpha value is -1.34. The molecule has 2 unspecified atom stereocenters. The molecule has 0 saturated carbocycles. The summed E-state index contributed by atoms with van der Waals surface area (Å²) in [4.78, 5) is 25.1. The summed E-state index contributed by atoms with van der Waals surface area (Å²) < 4.78 is 10.5. The number of nitrogens with one attached hydrogen (secondary N) is 1. The standard InChI is InChI=1S/C13H22N2O5/c1-2-15(11-8-20-7-10(11)12(16)17)13(18)14-9-3-5-19-6-4-9/h9-11H,2-8H2,1H3,(H,14,18)(H,16,17). The van der Waals surface area contributed by atoms with Gasteiger partial charge in [-0.05, 0) is 19.8 Å². The lowest BCUT2D eigenvalue weighted by atomic mass is 10.0. The summed E-state index contributed by atoms with van der Waals surface area (Å²) in [7, 11) is 0. The first-order valence-electron chi connectivity index (χ1n) is 7.09. The zero-order chi connectivity index (χ0) is 14.5. The molecule has 2 atom stereocenters. The molecule has 0 aromatic heterocycles. The van der Waals surface area contributed by atoms with Gasteiger partial charge in [-0.25, -0.2) is 4.79 Å². The highest BCUT2D eigenvalue weighted by Crippen LogP contribution is 2.20. The van der Waals surface area contributed by atoms with E-state index in [4.69, 9.17) is 9.47 Å². The van der Waals surface area contributed by atoms with Crippen molar-refractivity contribution in [2.24, 2.45) is 5.92 Å². The molecule has 0 aromatic carbocycles. The fourth-order valence-electron chi connectivity index (χ4n) is 2.71. The monoisotopic (exact) mass is 286 g/mol. The van der Waals surface area contributed by atoms with E-state index in [1.165, 1.54) is 0 Å². The Bertz CT molecular complexity index is 357. The third-order valence-electron chi connectivity index (χ3n) is 3.92. The summed E-state index contributed by atoms with van der Waals surface area (Å²) in [5.74, 6) is -1.56. The van der Waals surface area contributed by atoms with E-state index in [-0.39, 0.29) is 25.3 Å². The second-order valence-corrected chi connectivity index (χ2v) is 5.17. The number of urea groups is 1. The molecule has 2 rings (SSSR count). The van der Waals surface area contributed by atoms with Gasteiger partial charge in [0.15, 0.2) is 0 Å². The van der Waals surface area contributed by atoms with Gasteiger partial charge < -0.3 is 24.8 Å². The summed E-state index contributed by atoms with van der Waals surface area (Å²) in [5.41, 5.74) is 0. The van der Waals surface area contributed by atoms with Crippen molar-refractivity contribution < 1.29 is 24.2 Å². The summed E-state index contributed by atoms with van der Waals surface area (Å²) >= 11 is 0. The molecular weight excluding hydrogens is 264 g/mol. The second-order valence-electron chi connectivity index (χ2n) is 5.17. The maximum absolute atomic E-state index is 12.3. The first kappa shape index (κ1) is 15.1. The van der Waals surface area contributed by atoms with Crippen molar-refractivity contribution in [1.82, 2.24) is 10.2 Å². The topological polar surface area (TPSA) is 88.1 Å². The summed E-state index contributed by atoms with van der Waals surface area (Å²) in [6.07, 6.45) is 1.60. The normalized spacial score (nSPS) is 27.2. The van der Waals surface area contributed by atoms with Crippen molar-refractivity contribution >= 4 is 12.0 Å². The maximum atomic E-state index is 12.3. The van der Waals surface area contributed by atoms with Gasteiger partial charge in [-0.1, -0.05) is 0 Å². The third-order valence-corrected chi connectivity index (χ3v) is 3.92. The maximum Gasteiger partial charge on any atom is 0.317 e. The minimum absolute atomic E-state index is 0.107. The number of ether oxygens (including phenoxy) is 2. The number of amides is 2. The van der Waals surface area contributed by atoms with Crippen molar-refractivity contribution in [3.63, 3.8) is 0 Å². The van der Waals surface area contributed by atoms with Crippen LogP contribution in [0.15, 0.2) is 0 Å². The van der Waals surface area contributed by atoms with Crippen LogP contribution in [-0.2, 0) is 14.3 Å². The minimum Gasteiger partial charge on any atom is -0.481 e. The molecule has 2 amide bonds. The number of carboxylic acid groups (broad SMARTS) is 1. The van der Waals surface area contributed by atoms with E-state index >= 15 is 0 Å². The van der Waals surface area contributed by atoms with Crippen molar-refractivity contribution in [1.29, 1.82) is 0 Å². The lowest BCUT2D eigenvalue weighted by molar-refractivity contribution is -0.142. The van der Waals surface area contributed by atoms with Crippen molar-refractivity contribution in [2.45, 2.75) is 31.8 Å². The number of hydrogen-bond donors (Lipinski definition) is 2. The highest BCUT2D eigenvalue weighted by Gasteiger charge is 2.39. The average Bonchev–Trinajstić information content (AvgIpc) is 2.90. The highest BCUT2D eigenvalue weighted by molar-refractivity contribution is 5.77. The lowest BCUT2D eigenvalue weighted by Crippen LogP contribution is -2.53. The van der Waals surface area contributed by atoms with Crippen molar-refractivity contribution in [3.05, 3.63) is 0 Å².